The molecule has 10 heteroatoms. The molecule has 10 nitrogen and oxygen atoms in total. The van der Waals surface area contributed by atoms with Gasteiger partial charge in [-0.2, -0.15) is 4.98 Å². The van der Waals surface area contributed by atoms with E-state index in [9.17, 15) is 14.7 Å². The van der Waals surface area contributed by atoms with Crippen molar-refractivity contribution in [1.82, 2.24) is 24.0 Å². The van der Waals surface area contributed by atoms with Crippen LogP contribution in [0.25, 0.3) is 11.2 Å². The van der Waals surface area contributed by atoms with E-state index in [0.29, 0.717) is 17.3 Å². The summed E-state index contributed by atoms with van der Waals surface area (Å²) in [6.45, 7) is 6.56. The van der Waals surface area contributed by atoms with Crippen molar-refractivity contribution in [2.24, 2.45) is 7.05 Å². The van der Waals surface area contributed by atoms with Crippen LogP contribution < -0.4 is 20.9 Å². The molecular weight excluding hydrogens is 400 g/mol. The average molecular weight is 428 g/mol. The third kappa shape index (κ3) is 4.35. The zero-order valence-corrected chi connectivity index (χ0v) is 17.8. The van der Waals surface area contributed by atoms with E-state index >= 15 is 0 Å². The van der Waals surface area contributed by atoms with Crippen LogP contribution in [0, 0.1) is 0 Å². The van der Waals surface area contributed by atoms with Gasteiger partial charge in [0.1, 0.15) is 18.5 Å². The van der Waals surface area contributed by atoms with E-state index in [-0.39, 0.29) is 18.7 Å². The van der Waals surface area contributed by atoms with Crippen LogP contribution in [0.4, 0.5) is 5.95 Å². The molecular formula is C21H28N6O4. The van der Waals surface area contributed by atoms with Crippen LogP contribution >= 0.6 is 0 Å². The van der Waals surface area contributed by atoms with Crippen LogP contribution in [-0.4, -0.2) is 74.5 Å². The fourth-order valence-electron chi connectivity index (χ4n) is 3.87. The Morgan fingerprint density at radius 1 is 1.16 bits per heavy atom. The number of aromatic nitrogens is 4. The van der Waals surface area contributed by atoms with Gasteiger partial charge in [0, 0.05) is 33.2 Å². The Kier molecular flexibility index (Phi) is 6.10. The number of rotatable bonds is 7. The summed E-state index contributed by atoms with van der Waals surface area (Å²) in [6, 6.07) is 9.25. The van der Waals surface area contributed by atoms with Crippen LogP contribution in [0.3, 0.4) is 0 Å². The predicted octanol–water partition coefficient (Wildman–Crippen LogP) is 0.00510. The third-order valence-electron chi connectivity index (χ3n) is 5.67. The van der Waals surface area contributed by atoms with E-state index in [4.69, 9.17) is 4.74 Å². The van der Waals surface area contributed by atoms with Gasteiger partial charge in [-0.15, -0.1) is 0 Å². The van der Waals surface area contributed by atoms with E-state index in [1.54, 1.807) is 11.6 Å². The number of benzene rings is 1. The van der Waals surface area contributed by atoms with Gasteiger partial charge in [-0.05, 0) is 18.7 Å². The summed E-state index contributed by atoms with van der Waals surface area (Å²) < 4.78 is 8.70. The molecule has 31 heavy (non-hydrogen) atoms. The Bertz CT molecular complexity index is 1140. The number of likely N-dealkylation sites (N-methyl/N-ethyl adjacent to an activating group) is 1. The number of fused-ring (bicyclic) bond motifs is 1. The number of aryl methyl sites for hydroxylation is 1. The minimum Gasteiger partial charge on any atom is -0.491 e. The van der Waals surface area contributed by atoms with Crippen molar-refractivity contribution in [3.8, 4) is 5.75 Å². The van der Waals surface area contributed by atoms with Crippen molar-refractivity contribution in [2.45, 2.75) is 19.6 Å². The number of aromatic amines is 1. The van der Waals surface area contributed by atoms with Crippen LogP contribution in [0.5, 0.6) is 5.75 Å². The van der Waals surface area contributed by atoms with Crippen molar-refractivity contribution >= 4 is 17.1 Å². The fourth-order valence-corrected chi connectivity index (χ4v) is 3.87. The lowest BCUT2D eigenvalue weighted by Crippen LogP contribution is -2.47. The number of ether oxygens (including phenoxy) is 1. The predicted molar refractivity (Wildman–Crippen MR) is 118 cm³/mol. The molecule has 1 aliphatic rings. The maximum absolute atomic E-state index is 12.7. The van der Waals surface area contributed by atoms with Gasteiger partial charge < -0.3 is 24.2 Å². The molecule has 1 aromatic carbocycles. The van der Waals surface area contributed by atoms with Crippen LogP contribution in [0.2, 0.25) is 0 Å². The monoisotopic (exact) mass is 428 g/mol. The molecule has 1 atom stereocenters. The minimum absolute atomic E-state index is 0.0659. The summed E-state index contributed by atoms with van der Waals surface area (Å²) >= 11 is 0. The maximum atomic E-state index is 12.7. The first-order valence-corrected chi connectivity index (χ1v) is 10.5. The average Bonchev–Trinajstić information content (AvgIpc) is 3.16. The first-order valence-electron chi connectivity index (χ1n) is 10.5. The first-order chi connectivity index (χ1) is 15.0. The standard InChI is InChI=1S/C21H28N6O4/c1-3-25-9-11-26(12-10-25)20-22-18-17(19(29)23-21(30)24(18)2)27(20)13-15(28)14-31-16-7-5-4-6-8-16/h4-8,15,28H,3,9-14H2,1-2H3,(H,23,29,30). The third-order valence-corrected chi connectivity index (χ3v) is 5.67. The molecule has 0 saturated carbocycles. The highest BCUT2D eigenvalue weighted by atomic mass is 16.5. The second-order valence-electron chi connectivity index (χ2n) is 7.71. The van der Waals surface area contributed by atoms with Gasteiger partial charge in [-0.25, -0.2) is 4.79 Å². The summed E-state index contributed by atoms with van der Waals surface area (Å²) in [4.78, 5) is 36.2. The Hall–Kier alpha value is -3.11. The molecule has 0 amide bonds. The van der Waals surface area contributed by atoms with Crippen LogP contribution in [-0.2, 0) is 13.6 Å². The second kappa shape index (κ2) is 8.94. The Labute approximate surface area is 179 Å². The SMILES string of the molecule is CCN1CCN(c2nc3c(c(=O)[nH]c(=O)n3C)n2CC(O)COc2ccccc2)CC1. The lowest BCUT2D eigenvalue weighted by atomic mass is 10.3. The molecule has 1 saturated heterocycles. The van der Waals surface area contributed by atoms with E-state index in [0.717, 1.165) is 32.7 Å². The van der Waals surface area contributed by atoms with Crippen LogP contribution in [0.15, 0.2) is 39.9 Å². The topological polar surface area (TPSA) is 109 Å². The summed E-state index contributed by atoms with van der Waals surface area (Å²) in [5.41, 5.74) is -0.454. The lowest BCUT2D eigenvalue weighted by Gasteiger charge is -2.35. The Morgan fingerprint density at radius 3 is 2.55 bits per heavy atom. The van der Waals surface area contributed by atoms with Gasteiger partial charge in [0.15, 0.2) is 11.2 Å². The summed E-state index contributed by atoms with van der Waals surface area (Å²) in [7, 11) is 1.58. The van der Waals surface area contributed by atoms with E-state index in [1.807, 2.05) is 30.3 Å². The number of hydrogen-bond donors (Lipinski definition) is 2. The van der Waals surface area contributed by atoms with Gasteiger partial charge in [0.25, 0.3) is 5.56 Å². The summed E-state index contributed by atoms with van der Waals surface area (Å²) in [5, 5.41) is 10.7. The fraction of sp³-hybridized carbons (Fsp3) is 0.476. The van der Waals surface area contributed by atoms with Crippen molar-refractivity contribution in [2.75, 3.05) is 44.2 Å². The normalized spacial score (nSPS) is 16.0. The van der Waals surface area contributed by atoms with Gasteiger partial charge in [-0.1, -0.05) is 25.1 Å². The molecule has 0 bridgehead atoms. The number of para-hydroxylation sites is 1. The van der Waals surface area contributed by atoms with Crippen LogP contribution in [0.1, 0.15) is 6.92 Å². The summed E-state index contributed by atoms with van der Waals surface area (Å²) in [6.07, 6.45) is -0.870. The van der Waals surface area contributed by atoms with Gasteiger partial charge >= 0.3 is 5.69 Å². The smallest absolute Gasteiger partial charge is 0.329 e. The van der Waals surface area contributed by atoms with Crippen molar-refractivity contribution < 1.29 is 9.84 Å². The molecule has 1 fully saturated rings. The second-order valence-corrected chi connectivity index (χ2v) is 7.71. The van der Waals surface area contributed by atoms with Gasteiger partial charge in [0.05, 0.1) is 6.54 Å². The number of nitrogens with zero attached hydrogens (tertiary/aromatic N) is 5. The number of anilines is 1. The Morgan fingerprint density at radius 2 is 1.87 bits per heavy atom. The molecule has 1 aliphatic heterocycles. The number of piperazine rings is 1. The van der Waals surface area contributed by atoms with Crippen molar-refractivity contribution in [1.29, 1.82) is 0 Å². The lowest BCUT2D eigenvalue weighted by molar-refractivity contribution is 0.0935. The molecule has 2 N–H and O–H groups in total. The molecule has 1 unspecified atom stereocenters. The summed E-state index contributed by atoms with van der Waals surface area (Å²) in [5.74, 6) is 1.24. The molecule has 3 aromatic rings. The number of aliphatic hydroxyl groups is 1. The van der Waals surface area contributed by atoms with Crippen molar-refractivity contribution in [3.05, 3.63) is 51.2 Å². The largest absolute Gasteiger partial charge is 0.491 e. The first kappa shape index (κ1) is 21.1. The number of nitrogens with one attached hydrogen (secondary N) is 1. The highest BCUT2D eigenvalue weighted by Gasteiger charge is 2.25. The van der Waals surface area contributed by atoms with Gasteiger partial charge in [0.2, 0.25) is 5.95 Å². The molecule has 166 valence electrons. The molecule has 3 heterocycles. The molecule has 0 aliphatic carbocycles. The zero-order valence-electron chi connectivity index (χ0n) is 17.8. The highest BCUT2D eigenvalue weighted by Crippen LogP contribution is 2.21. The number of imidazole rings is 1. The molecule has 0 radical (unpaired) electrons. The highest BCUT2D eigenvalue weighted by molar-refractivity contribution is 5.74. The maximum Gasteiger partial charge on any atom is 0.329 e. The van der Waals surface area contributed by atoms with Crippen molar-refractivity contribution in [3.63, 3.8) is 0 Å². The number of H-pyrrole nitrogens is 1. The molecule has 4 rings (SSSR count). The quantitative estimate of drug-likeness (QED) is 0.546. The molecule has 2 aromatic heterocycles. The molecule has 0 spiro atoms. The Balaban J connectivity index is 1.65. The zero-order chi connectivity index (χ0) is 22.0. The van der Waals surface area contributed by atoms with E-state index in [1.165, 1.54) is 4.57 Å². The number of hydrogen-bond acceptors (Lipinski definition) is 7. The van der Waals surface area contributed by atoms with E-state index in [2.05, 4.69) is 26.7 Å². The van der Waals surface area contributed by atoms with E-state index < -0.39 is 17.4 Å². The van der Waals surface area contributed by atoms with Gasteiger partial charge in [-0.3, -0.25) is 14.3 Å². The number of aliphatic hydroxyl groups excluding tert-OH is 1. The minimum atomic E-state index is -0.870.